The van der Waals surface area contributed by atoms with Gasteiger partial charge in [-0.3, -0.25) is 4.79 Å². The molecule has 0 radical (unpaired) electrons. The van der Waals surface area contributed by atoms with E-state index in [1.54, 1.807) is 35.2 Å². The van der Waals surface area contributed by atoms with Crippen LogP contribution in [0.5, 0.6) is 5.75 Å². The third-order valence-electron chi connectivity index (χ3n) is 3.17. The number of hydrogen-bond acceptors (Lipinski definition) is 4. The normalized spacial score (nSPS) is 11.1. The fourth-order valence-electron chi connectivity index (χ4n) is 2.10. The summed E-state index contributed by atoms with van der Waals surface area (Å²) in [6, 6.07) is 14.3. The van der Waals surface area contributed by atoms with Crippen LogP contribution in [-0.2, 0) is 11.3 Å². The van der Waals surface area contributed by atoms with Crippen LogP contribution in [0.4, 0.5) is 0 Å². The van der Waals surface area contributed by atoms with Crippen LogP contribution in [0, 0.1) is 0 Å². The van der Waals surface area contributed by atoms with Gasteiger partial charge in [-0.2, -0.15) is 5.10 Å². The number of nitrogens with zero attached hydrogens (tertiary/aromatic N) is 3. The van der Waals surface area contributed by atoms with Gasteiger partial charge in [-0.1, -0.05) is 24.3 Å². The van der Waals surface area contributed by atoms with E-state index in [4.69, 9.17) is 0 Å². The smallest absolute Gasteiger partial charge is 0.260 e. The number of carbonyl (C=O) groups excluding carboxylic acids is 1. The Labute approximate surface area is 126 Å². The summed E-state index contributed by atoms with van der Waals surface area (Å²) in [5.41, 5.74) is 4.70. The van der Waals surface area contributed by atoms with E-state index in [-0.39, 0.29) is 18.2 Å². The third-order valence-corrected chi connectivity index (χ3v) is 3.17. The Morgan fingerprint density at radius 3 is 2.86 bits per heavy atom. The lowest BCUT2D eigenvalue weighted by Gasteiger charge is -2.03. The Morgan fingerprint density at radius 2 is 2.00 bits per heavy atom. The van der Waals surface area contributed by atoms with Crippen molar-refractivity contribution in [3.63, 3.8) is 0 Å². The van der Waals surface area contributed by atoms with Gasteiger partial charge in [0.25, 0.3) is 5.91 Å². The first-order valence-corrected chi connectivity index (χ1v) is 6.74. The van der Waals surface area contributed by atoms with E-state index in [1.165, 1.54) is 6.21 Å². The van der Waals surface area contributed by atoms with E-state index < -0.39 is 0 Å². The van der Waals surface area contributed by atoms with Crippen molar-refractivity contribution in [1.82, 2.24) is 15.0 Å². The number of rotatable bonds is 4. The minimum absolute atomic E-state index is 0.112. The van der Waals surface area contributed by atoms with E-state index in [0.29, 0.717) is 5.56 Å². The first kappa shape index (κ1) is 13.8. The molecule has 0 aliphatic rings. The zero-order chi connectivity index (χ0) is 15.4. The monoisotopic (exact) mass is 294 g/mol. The van der Waals surface area contributed by atoms with Crippen LogP contribution >= 0.6 is 0 Å². The molecule has 110 valence electrons. The Kier molecular flexibility index (Phi) is 3.82. The van der Waals surface area contributed by atoms with Crippen LogP contribution in [0.25, 0.3) is 11.0 Å². The van der Waals surface area contributed by atoms with Crippen molar-refractivity contribution in [2.75, 3.05) is 0 Å². The van der Waals surface area contributed by atoms with Crippen LogP contribution < -0.4 is 5.43 Å². The third kappa shape index (κ3) is 2.95. The first-order chi connectivity index (χ1) is 10.7. The number of aromatic nitrogens is 2. The lowest BCUT2D eigenvalue weighted by atomic mass is 10.2. The summed E-state index contributed by atoms with van der Waals surface area (Å²) in [7, 11) is 0. The highest BCUT2D eigenvalue weighted by atomic mass is 16.3. The van der Waals surface area contributed by atoms with E-state index in [1.807, 2.05) is 24.3 Å². The number of fused-ring (bicyclic) bond motifs is 1. The van der Waals surface area contributed by atoms with E-state index in [2.05, 4.69) is 15.5 Å². The molecule has 2 aromatic carbocycles. The van der Waals surface area contributed by atoms with Crippen LogP contribution in [0.1, 0.15) is 5.56 Å². The molecule has 0 aliphatic heterocycles. The number of hydrogen-bond donors (Lipinski definition) is 2. The lowest BCUT2D eigenvalue weighted by molar-refractivity contribution is -0.121. The van der Waals surface area contributed by atoms with Crippen molar-refractivity contribution in [2.45, 2.75) is 6.54 Å². The summed E-state index contributed by atoms with van der Waals surface area (Å²) in [6.07, 6.45) is 3.02. The van der Waals surface area contributed by atoms with Gasteiger partial charge in [0.15, 0.2) is 0 Å². The highest BCUT2D eigenvalue weighted by Crippen LogP contribution is 2.13. The number of aromatic hydroxyl groups is 1. The van der Waals surface area contributed by atoms with Crippen LogP contribution in [0.15, 0.2) is 60.0 Å². The second-order valence-electron chi connectivity index (χ2n) is 4.71. The van der Waals surface area contributed by atoms with Crippen molar-refractivity contribution < 1.29 is 9.90 Å². The number of nitrogens with one attached hydrogen (secondary N) is 1. The number of benzene rings is 2. The summed E-state index contributed by atoms with van der Waals surface area (Å²) in [6.45, 7) is 0.124. The molecule has 1 aromatic heterocycles. The number of amides is 1. The van der Waals surface area contributed by atoms with Gasteiger partial charge in [0.05, 0.1) is 23.6 Å². The van der Waals surface area contributed by atoms with Gasteiger partial charge < -0.3 is 9.67 Å². The standard InChI is InChI=1S/C16H14N4O2/c21-15-8-4-1-5-12(15)9-18-19-16(22)10-20-11-17-13-6-2-3-7-14(13)20/h1-9,11,21H,10H2,(H,19,22)/b18-9-. The van der Waals surface area contributed by atoms with Crippen molar-refractivity contribution >= 4 is 23.2 Å². The number of para-hydroxylation sites is 3. The maximum Gasteiger partial charge on any atom is 0.260 e. The number of phenolic OH excluding ortho intramolecular Hbond substituents is 1. The molecule has 0 saturated carbocycles. The highest BCUT2D eigenvalue weighted by Gasteiger charge is 2.05. The molecule has 3 rings (SSSR count). The molecular weight excluding hydrogens is 280 g/mol. The molecule has 6 nitrogen and oxygen atoms in total. The van der Waals surface area contributed by atoms with Gasteiger partial charge in [0.2, 0.25) is 0 Å². The van der Waals surface area contributed by atoms with Gasteiger partial charge in [-0.05, 0) is 24.3 Å². The van der Waals surface area contributed by atoms with Crippen LogP contribution in [0.2, 0.25) is 0 Å². The predicted octanol–water partition coefficient (Wildman–Crippen LogP) is 1.89. The number of carbonyl (C=O) groups is 1. The summed E-state index contributed by atoms with van der Waals surface area (Å²) in [5, 5.41) is 13.4. The number of phenols is 1. The molecule has 0 spiro atoms. The molecule has 0 aliphatic carbocycles. The van der Waals surface area contributed by atoms with Crippen molar-refractivity contribution in [2.24, 2.45) is 5.10 Å². The predicted molar refractivity (Wildman–Crippen MR) is 83.6 cm³/mol. The Balaban J connectivity index is 1.65. The summed E-state index contributed by atoms with van der Waals surface area (Å²) in [4.78, 5) is 16.1. The molecular formula is C16H14N4O2. The quantitative estimate of drug-likeness (QED) is 0.569. The van der Waals surface area contributed by atoms with E-state index in [0.717, 1.165) is 11.0 Å². The topological polar surface area (TPSA) is 79.5 Å². The van der Waals surface area contributed by atoms with E-state index >= 15 is 0 Å². The fraction of sp³-hybridized carbons (Fsp3) is 0.0625. The van der Waals surface area contributed by atoms with Crippen molar-refractivity contribution in [3.05, 3.63) is 60.4 Å². The maximum atomic E-state index is 11.9. The molecule has 0 atom stereocenters. The summed E-state index contributed by atoms with van der Waals surface area (Å²) < 4.78 is 1.75. The zero-order valence-electron chi connectivity index (χ0n) is 11.7. The van der Waals surface area contributed by atoms with Gasteiger partial charge in [0, 0.05) is 5.56 Å². The van der Waals surface area contributed by atoms with Crippen LogP contribution in [-0.4, -0.2) is 26.8 Å². The molecule has 0 unspecified atom stereocenters. The van der Waals surface area contributed by atoms with Gasteiger partial charge in [-0.15, -0.1) is 0 Å². The minimum Gasteiger partial charge on any atom is -0.507 e. The average Bonchev–Trinajstić information content (AvgIpc) is 2.92. The second kappa shape index (κ2) is 6.09. The molecule has 0 bridgehead atoms. The molecule has 0 saturated heterocycles. The summed E-state index contributed by atoms with van der Waals surface area (Å²) in [5.74, 6) is -0.157. The number of hydrazone groups is 1. The van der Waals surface area contributed by atoms with Crippen LogP contribution in [0.3, 0.4) is 0 Å². The first-order valence-electron chi connectivity index (χ1n) is 6.74. The average molecular weight is 294 g/mol. The molecule has 22 heavy (non-hydrogen) atoms. The molecule has 2 N–H and O–H groups in total. The zero-order valence-corrected chi connectivity index (χ0v) is 11.7. The Morgan fingerprint density at radius 1 is 1.23 bits per heavy atom. The second-order valence-corrected chi connectivity index (χ2v) is 4.71. The molecule has 1 heterocycles. The van der Waals surface area contributed by atoms with Crippen molar-refractivity contribution in [1.29, 1.82) is 0 Å². The van der Waals surface area contributed by atoms with Gasteiger partial charge >= 0.3 is 0 Å². The largest absolute Gasteiger partial charge is 0.507 e. The SMILES string of the molecule is O=C(Cn1cnc2ccccc21)N/N=C\c1ccccc1O. The molecule has 0 fully saturated rings. The van der Waals surface area contributed by atoms with E-state index in [9.17, 15) is 9.90 Å². The number of imidazole rings is 1. The summed E-state index contributed by atoms with van der Waals surface area (Å²) >= 11 is 0. The molecule has 1 amide bonds. The Hall–Kier alpha value is -3.15. The molecule has 6 heteroatoms. The highest BCUT2D eigenvalue weighted by molar-refractivity contribution is 5.85. The van der Waals surface area contributed by atoms with Gasteiger partial charge in [0.1, 0.15) is 12.3 Å². The minimum atomic E-state index is -0.269. The van der Waals surface area contributed by atoms with Crippen molar-refractivity contribution in [3.8, 4) is 5.75 Å². The molecule has 3 aromatic rings. The maximum absolute atomic E-state index is 11.9. The van der Waals surface area contributed by atoms with Gasteiger partial charge in [-0.25, -0.2) is 10.4 Å². The fourth-order valence-corrected chi connectivity index (χ4v) is 2.10. The lowest BCUT2D eigenvalue weighted by Crippen LogP contribution is -2.22. The Bertz CT molecular complexity index is 839.